The lowest BCUT2D eigenvalue weighted by Crippen LogP contribution is -2.38. The van der Waals surface area contributed by atoms with Crippen LogP contribution in [0.5, 0.6) is 0 Å². The van der Waals surface area contributed by atoms with Crippen LogP contribution in [0.4, 0.5) is 11.9 Å². The lowest BCUT2D eigenvalue weighted by molar-refractivity contribution is 0.0949. The van der Waals surface area contributed by atoms with Gasteiger partial charge in [0.1, 0.15) is 0 Å². The number of benzene rings is 1. The highest BCUT2D eigenvalue weighted by Gasteiger charge is 2.21. The number of ether oxygens (including phenoxy) is 1. The Morgan fingerprint density at radius 3 is 2.39 bits per heavy atom. The molecule has 2 fully saturated rings. The van der Waals surface area contributed by atoms with Gasteiger partial charge >= 0.3 is 0 Å². The molecule has 2 aliphatic rings. The van der Waals surface area contributed by atoms with Crippen LogP contribution in [0.3, 0.4) is 0 Å². The topological polar surface area (TPSA) is 83.5 Å². The third-order valence-corrected chi connectivity index (χ3v) is 5.03. The lowest BCUT2D eigenvalue weighted by Gasteiger charge is -2.28. The van der Waals surface area contributed by atoms with Gasteiger partial charge in [0.2, 0.25) is 11.9 Å². The standard InChI is InChI=1S/C20H26N6O2/c1-15-5-4-6-16(13-15)18(27)21-14-17-22-19(25-7-2-3-8-25)24-20(23-17)26-9-11-28-12-10-26/h4-6,13H,2-3,7-12,14H2,1H3,(H,21,27). The first-order valence-electron chi connectivity index (χ1n) is 9.86. The molecule has 0 saturated carbocycles. The lowest BCUT2D eigenvalue weighted by atomic mass is 10.1. The van der Waals surface area contributed by atoms with Crippen LogP contribution in [-0.4, -0.2) is 60.3 Å². The van der Waals surface area contributed by atoms with Crippen LogP contribution in [-0.2, 0) is 11.3 Å². The van der Waals surface area contributed by atoms with Crippen molar-refractivity contribution in [1.82, 2.24) is 20.3 Å². The van der Waals surface area contributed by atoms with Gasteiger partial charge < -0.3 is 19.9 Å². The molecule has 0 aliphatic carbocycles. The number of aromatic nitrogens is 3. The Morgan fingerprint density at radius 1 is 1.04 bits per heavy atom. The summed E-state index contributed by atoms with van der Waals surface area (Å²) in [5, 5.41) is 2.94. The average Bonchev–Trinajstić information content (AvgIpc) is 3.27. The highest BCUT2D eigenvalue weighted by molar-refractivity contribution is 5.94. The van der Waals surface area contributed by atoms with Crippen molar-refractivity contribution < 1.29 is 9.53 Å². The Balaban J connectivity index is 1.52. The number of aryl methyl sites for hydroxylation is 1. The Morgan fingerprint density at radius 2 is 1.71 bits per heavy atom. The van der Waals surface area contributed by atoms with Crippen molar-refractivity contribution in [2.24, 2.45) is 0 Å². The zero-order valence-electron chi connectivity index (χ0n) is 16.2. The molecule has 28 heavy (non-hydrogen) atoms. The molecule has 0 spiro atoms. The number of carbonyl (C=O) groups excluding carboxylic acids is 1. The summed E-state index contributed by atoms with van der Waals surface area (Å²) in [5.74, 6) is 1.83. The van der Waals surface area contributed by atoms with Crippen molar-refractivity contribution in [3.63, 3.8) is 0 Å². The summed E-state index contributed by atoms with van der Waals surface area (Å²) in [4.78, 5) is 30.7. The van der Waals surface area contributed by atoms with Gasteiger partial charge in [-0.15, -0.1) is 0 Å². The molecule has 8 nitrogen and oxygen atoms in total. The molecule has 8 heteroatoms. The molecule has 0 unspecified atom stereocenters. The van der Waals surface area contributed by atoms with Gasteiger partial charge in [0.15, 0.2) is 5.82 Å². The minimum Gasteiger partial charge on any atom is -0.378 e. The van der Waals surface area contributed by atoms with E-state index in [4.69, 9.17) is 9.72 Å². The summed E-state index contributed by atoms with van der Waals surface area (Å²) in [7, 11) is 0. The van der Waals surface area contributed by atoms with E-state index in [9.17, 15) is 4.79 Å². The molecular formula is C20H26N6O2. The van der Waals surface area contributed by atoms with Crippen molar-refractivity contribution in [2.75, 3.05) is 49.2 Å². The number of nitrogens with one attached hydrogen (secondary N) is 1. The van der Waals surface area contributed by atoms with E-state index in [0.29, 0.717) is 36.5 Å². The molecule has 1 aromatic heterocycles. The summed E-state index contributed by atoms with van der Waals surface area (Å²) in [6, 6.07) is 7.54. The van der Waals surface area contributed by atoms with E-state index < -0.39 is 0 Å². The van der Waals surface area contributed by atoms with Crippen LogP contribution in [0.25, 0.3) is 0 Å². The zero-order valence-corrected chi connectivity index (χ0v) is 16.2. The van der Waals surface area contributed by atoms with Crippen molar-refractivity contribution in [3.05, 3.63) is 41.2 Å². The molecular weight excluding hydrogens is 356 g/mol. The van der Waals surface area contributed by atoms with Gasteiger partial charge in [-0.2, -0.15) is 15.0 Å². The fourth-order valence-electron chi connectivity index (χ4n) is 3.49. The number of nitrogens with zero attached hydrogens (tertiary/aromatic N) is 5. The van der Waals surface area contributed by atoms with E-state index in [2.05, 4.69) is 25.1 Å². The molecule has 2 aromatic rings. The summed E-state index contributed by atoms with van der Waals surface area (Å²) in [6.07, 6.45) is 2.30. The second-order valence-electron chi connectivity index (χ2n) is 7.20. The third-order valence-electron chi connectivity index (χ3n) is 5.03. The highest BCUT2D eigenvalue weighted by Crippen LogP contribution is 2.19. The van der Waals surface area contributed by atoms with E-state index >= 15 is 0 Å². The van der Waals surface area contributed by atoms with Gasteiger partial charge in [-0.3, -0.25) is 4.79 Å². The Bertz CT molecular complexity index is 831. The number of morpholine rings is 1. The van der Waals surface area contributed by atoms with Gasteiger partial charge in [-0.25, -0.2) is 0 Å². The molecule has 1 N–H and O–H groups in total. The van der Waals surface area contributed by atoms with Gasteiger partial charge in [-0.05, 0) is 31.9 Å². The number of amides is 1. The van der Waals surface area contributed by atoms with Crippen LogP contribution < -0.4 is 15.1 Å². The molecule has 0 bridgehead atoms. The predicted octanol–water partition coefficient (Wildman–Crippen LogP) is 1.55. The maximum Gasteiger partial charge on any atom is 0.251 e. The maximum absolute atomic E-state index is 12.5. The second-order valence-corrected chi connectivity index (χ2v) is 7.20. The molecule has 3 heterocycles. The van der Waals surface area contributed by atoms with Crippen molar-refractivity contribution >= 4 is 17.8 Å². The molecule has 4 rings (SSSR count). The summed E-state index contributed by atoms with van der Waals surface area (Å²) < 4.78 is 5.44. The highest BCUT2D eigenvalue weighted by atomic mass is 16.5. The zero-order chi connectivity index (χ0) is 19.3. The van der Waals surface area contributed by atoms with Gasteiger partial charge in [0.05, 0.1) is 19.8 Å². The first kappa shape index (κ1) is 18.6. The molecule has 0 atom stereocenters. The van der Waals surface area contributed by atoms with Gasteiger partial charge in [-0.1, -0.05) is 17.7 Å². The first-order chi connectivity index (χ1) is 13.7. The van der Waals surface area contributed by atoms with Gasteiger partial charge in [0.25, 0.3) is 5.91 Å². The normalized spacial score (nSPS) is 17.0. The summed E-state index contributed by atoms with van der Waals surface area (Å²) >= 11 is 0. The fourth-order valence-corrected chi connectivity index (χ4v) is 3.49. The average molecular weight is 382 g/mol. The smallest absolute Gasteiger partial charge is 0.251 e. The van der Waals surface area contributed by atoms with E-state index in [-0.39, 0.29) is 12.5 Å². The minimum atomic E-state index is -0.125. The number of rotatable bonds is 5. The van der Waals surface area contributed by atoms with E-state index in [1.807, 2.05) is 31.2 Å². The minimum absolute atomic E-state index is 0.125. The molecule has 2 aliphatic heterocycles. The monoisotopic (exact) mass is 382 g/mol. The summed E-state index contributed by atoms with van der Waals surface area (Å²) in [5.41, 5.74) is 1.70. The maximum atomic E-state index is 12.5. The third kappa shape index (κ3) is 4.39. The van der Waals surface area contributed by atoms with Crippen molar-refractivity contribution in [1.29, 1.82) is 0 Å². The summed E-state index contributed by atoms with van der Waals surface area (Å²) in [6.45, 7) is 7.03. The van der Waals surface area contributed by atoms with Crippen molar-refractivity contribution in [2.45, 2.75) is 26.3 Å². The number of anilines is 2. The number of hydrogen-bond donors (Lipinski definition) is 1. The van der Waals surface area contributed by atoms with Crippen LogP contribution in [0.15, 0.2) is 24.3 Å². The Hall–Kier alpha value is -2.74. The fraction of sp³-hybridized carbons (Fsp3) is 0.500. The second kappa shape index (κ2) is 8.52. The molecule has 148 valence electrons. The molecule has 0 radical (unpaired) electrons. The largest absolute Gasteiger partial charge is 0.378 e. The number of hydrogen-bond acceptors (Lipinski definition) is 7. The Kier molecular flexibility index (Phi) is 5.66. The quantitative estimate of drug-likeness (QED) is 0.840. The van der Waals surface area contributed by atoms with Gasteiger partial charge in [0, 0.05) is 31.7 Å². The SMILES string of the molecule is Cc1cccc(C(=O)NCc2nc(N3CCCC3)nc(N3CCOCC3)n2)c1. The molecule has 1 amide bonds. The van der Waals surface area contributed by atoms with E-state index in [1.54, 1.807) is 0 Å². The first-order valence-corrected chi connectivity index (χ1v) is 9.86. The molecule has 2 saturated heterocycles. The Labute approximate surface area is 164 Å². The van der Waals surface area contributed by atoms with Crippen LogP contribution in [0, 0.1) is 6.92 Å². The van der Waals surface area contributed by atoms with Crippen molar-refractivity contribution in [3.8, 4) is 0 Å². The van der Waals surface area contributed by atoms with Crippen LogP contribution in [0.1, 0.15) is 34.6 Å². The molecule has 1 aromatic carbocycles. The van der Waals surface area contributed by atoms with Crippen LogP contribution >= 0.6 is 0 Å². The number of carbonyl (C=O) groups is 1. The van der Waals surface area contributed by atoms with Crippen LogP contribution in [0.2, 0.25) is 0 Å². The van der Waals surface area contributed by atoms with E-state index in [1.165, 1.54) is 0 Å². The predicted molar refractivity (Wildman–Crippen MR) is 107 cm³/mol. The van der Waals surface area contributed by atoms with E-state index in [0.717, 1.165) is 44.6 Å².